The van der Waals surface area contributed by atoms with Crippen LogP contribution in [0.3, 0.4) is 0 Å². The molecule has 21 heavy (non-hydrogen) atoms. The third kappa shape index (κ3) is 17.0. The summed E-state index contributed by atoms with van der Waals surface area (Å²) in [6.45, 7) is 4.61. The van der Waals surface area contributed by atoms with Gasteiger partial charge in [-0.3, -0.25) is 0 Å². The first-order valence-electron chi connectivity index (χ1n) is 9.55. The molecule has 0 rings (SSSR count). The second kappa shape index (κ2) is 15.7. The van der Waals surface area contributed by atoms with Gasteiger partial charge in [0.05, 0.1) is 0 Å². The Kier molecular flexibility index (Phi) is 16.3. The topological polar surface area (TPSA) is 0 Å². The molecule has 0 fully saturated rings. The first-order valence-corrected chi connectivity index (χ1v) is 13.8. The molecule has 0 aromatic heterocycles. The lowest BCUT2D eigenvalue weighted by Crippen LogP contribution is -1.98. The summed E-state index contributed by atoms with van der Waals surface area (Å²) in [5.41, 5.74) is 0. The lowest BCUT2D eigenvalue weighted by molar-refractivity contribution is 0.538. The van der Waals surface area contributed by atoms with Gasteiger partial charge in [-0.25, -0.2) is 0 Å². The summed E-state index contributed by atoms with van der Waals surface area (Å²) in [6.07, 6.45) is 22.8. The molecule has 0 spiro atoms. The van der Waals surface area contributed by atoms with Crippen molar-refractivity contribution in [3.05, 3.63) is 0 Å². The molecule has 0 heterocycles. The average molecular weight is 382 g/mol. The van der Waals surface area contributed by atoms with Gasteiger partial charge in [0.2, 0.25) is 0 Å². The first-order chi connectivity index (χ1) is 10.1. The minimum atomic E-state index is -0.423. The van der Waals surface area contributed by atoms with Crippen molar-refractivity contribution >= 4 is 23.3 Å². The fourth-order valence-corrected chi connectivity index (χ4v) is 4.52. The highest BCUT2D eigenvalue weighted by atomic mass is 79.9. The van der Waals surface area contributed by atoms with Gasteiger partial charge in [0.15, 0.2) is 0 Å². The maximum atomic E-state index is 3.90. The molecule has 0 nitrogen and oxygen atoms in total. The van der Waals surface area contributed by atoms with Crippen LogP contribution in [0, 0.1) is 0 Å². The van der Waals surface area contributed by atoms with Crippen LogP contribution in [-0.4, -0.2) is 17.8 Å². The zero-order chi connectivity index (χ0) is 15.8. The standard InChI is InChI=1S/C19H41BrS/c1-4-6-7-8-9-10-11-12-13-14-15-16-17-18-19-21(3,20)5-2/h4-19H2,1-3H3. The summed E-state index contributed by atoms with van der Waals surface area (Å²) in [4.78, 5) is 0. The lowest BCUT2D eigenvalue weighted by atomic mass is 10.0. The Morgan fingerprint density at radius 2 is 0.905 bits per heavy atom. The first kappa shape index (κ1) is 21.8. The quantitative estimate of drug-likeness (QED) is 0.236. The van der Waals surface area contributed by atoms with E-state index in [9.17, 15) is 0 Å². The summed E-state index contributed by atoms with van der Waals surface area (Å²) < 4.78 is 0. The number of hydrogen-bond acceptors (Lipinski definition) is 0. The van der Waals surface area contributed by atoms with Crippen molar-refractivity contribution in [2.75, 3.05) is 17.8 Å². The molecular formula is C19H41BrS. The molecule has 0 aromatic rings. The van der Waals surface area contributed by atoms with E-state index in [1.165, 1.54) is 101 Å². The maximum absolute atomic E-state index is 3.90. The average Bonchev–Trinajstić information content (AvgIpc) is 2.47. The molecule has 1 unspecified atom stereocenters. The lowest BCUT2D eigenvalue weighted by Gasteiger charge is -2.26. The molecule has 0 saturated heterocycles. The molecule has 0 amide bonds. The highest BCUT2D eigenvalue weighted by molar-refractivity contribution is 9.58. The predicted molar refractivity (Wildman–Crippen MR) is 108 cm³/mol. The van der Waals surface area contributed by atoms with Gasteiger partial charge in [0, 0.05) is 0 Å². The van der Waals surface area contributed by atoms with Gasteiger partial charge in [0.25, 0.3) is 0 Å². The maximum Gasteiger partial charge on any atom is -0.0139 e. The van der Waals surface area contributed by atoms with Crippen molar-refractivity contribution < 1.29 is 0 Å². The van der Waals surface area contributed by atoms with Gasteiger partial charge in [-0.05, 0) is 39.0 Å². The summed E-state index contributed by atoms with van der Waals surface area (Å²) >= 11 is 3.90. The molecule has 1 atom stereocenters. The zero-order valence-corrected chi connectivity index (χ0v) is 17.5. The van der Waals surface area contributed by atoms with Crippen LogP contribution in [0.2, 0.25) is 0 Å². The van der Waals surface area contributed by atoms with Crippen LogP contribution < -0.4 is 0 Å². The second-order valence-electron chi connectivity index (χ2n) is 6.74. The van der Waals surface area contributed by atoms with Crippen molar-refractivity contribution in [3.8, 4) is 0 Å². The van der Waals surface area contributed by atoms with E-state index in [0.717, 1.165) is 0 Å². The molecule has 0 aliphatic rings. The Hall–Kier alpha value is 0.830. The Morgan fingerprint density at radius 3 is 1.24 bits per heavy atom. The van der Waals surface area contributed by atoms with Crippen LogP contribution >= 0.6 is 23.3 Å². The van der Waals surface area contributed by atoms with Gasteiger partial charge >= 0.3 is 0 Å². The monoisotopic (exact) mass is 380 g/mol. The Balaban J connectivity index is 3.06. The Morgan fingerprint density at radius 1 is 0.571 bits per heavy atom. The van der Waals surface area contributed by atoms with E-state index in [4.69, 9.17) is 0 Å². The fourth-order valence-electron chi connectivity index (χ4n) is 2.74. The van der Waals surface area contributed by atoms with Crippen LogP contribution in [0.5, 0.6) is 0 Å². The highest BCUT2D eigenvalue weighted by Gasteiger charge is 2.09. The molecule has 0 N–H and O–H groups in total. The van der Waals surface area contributed by atoms with Crippen LogP contribution in [-0.2, 0) is 0 Å². The number of hydrogen-bond donors (Lipinski definition) is 0. The highest BCUT2D eigenvalue weighted by Crippen LogP contribution is 2.52. The van der Waals surface area contributed by atoms with E-state index in [1.807, 2.05) is 0 Å². The molecule has 0 bridgehead atoms. The summed E-state index contributed by atoms with van der Waals surface area (Å²) in [5.74, 6) is 2.74. The molecule has 0 aliphatic heterocycles. The third-order valence-corrected chi connectivity index (χ3v) is 9.21. The SMILES string of the molecule is CCCCCCCCCCCCCCCCS(C)(Br)CC. The van der Waals surface area contributed by atoms with E-state index in [1.54, 1.807) is 0 Å². The van der Waals surface area contributed by atoms with E-state index < -0.39 is 8.46 Å². The summed E-state index contributed by atoms with van der Waals surface area (Å²) in [6, 6.07) is 0. The van der Waals surface area contributed by atoms with Crippen LogP contribution in [0.15, 0.2) is 0 Å². The second-order valence-corrected chi connectivity index (χ2v) is 14.7. The molecule has 0 aromatic carbocycles. The number of unbranched alkanes of at least 4 members (excludes halogenated alkanes) is 13. The van der Waals surface area contributed by atoms with Gasteiger partial charge in [-0.2, -0.15) is 8.46 Å². The van der Waals surface area contributed by atoms with Gasteiger partial charge in [0.1, 0.15) is 0 Å². The number of rotatable bonds is 16. The Bertz CT molecular complexity index is 204. The van der Waals surface area contributed by atoms with Crippen LogP contribution in [0.4, 0.5) is 0 Å². The zero-order valence-electron chi connectivity index (χ0n) is 15.1. The largest absolute Gasteiger partial charge is 0.186 e. The predicted octanol–water partition coefficient (Wildman–Crippen LogP) is 8.23. The number of halogens is 1. The minimum Gasteiger partial charge on any atom is -0.186 e. The molecule has 0 radical (unpaired) electrons. The van der Waals surface area contributed by atoms with E-state index >= 15 is 0 Å². The van der Waals surface area contributed by atoms with Crippen molar-refractivity contribution in [1.82, 2.24) is 0 Å². The smallest absolute Gasteiger partial charge is 0.0139 e. The van der Waals surface area contributed by atoms with Crippen LogP contribution in [0.1, 0.15) is 104 Å². The molecule has 130 valence electrons. The van der Waals surface area contributed by atoms with Crippen LogP contribution in [0.25, 0.3) is 0 Å². The van der Waals surface area contributed by atoms with Gasteiger partial charge < -0.3 is 0 Å². The Labute approximate surface area is 144 Å². The van der Waals surface area contributed by atoms with E-state index in [-0.39, 0.29) is 0 Å². The van der Waals surface area contributed by atoms with Gasteiger partial charge in [-0.15, -0.1) is 0 Å². The molecule has 2 heteroatoms. The van der Waals surface area contributed by atoms with Crippen molar-refractivity contribution in [2.45, 2.75) is 104 Å². The van der Waals surface area contributed by atoms with Crippen molar-refractivity contribution in [1.29, 1.82) is 0 Å². The third-order valence-electron chi connectivity index (χ3n) is 4.53. The van der Waals surface area contributed by atoms with E-state index in [0.29, 0.717) is 0 Å². The normalized spacial score (nSPS) is 15.8. The van der Waals surface area contributed by atoms with E-state index in [2.05, 4.69) is 34.9 Å². The summed E-state index contributed by atoms with van der Waals surface area (Å²) in [7, 11) is -0.423. The molecule has 0 aliphatic carbocycles. The van der Waals surface area contributed by atoms with Crippen molar-refractivity contribution in [3.63, 3.8) is 0 Å². The molecular weight excluding hydrogens is 340 g/mol. The minimum absolute atomic E-state index is 0.423. The summed E-state index contributed by atoms with van der Waals surface area (Å²) in [5, 5.41) is 0. The van der Waals surface area contributed by atoms with Gasteiger partial charge in [-0.1, -0.05) is 97.3 Å². The molecule has 0 saturated carbocycles. The van der Waals surface area contributed by atoms with Crippen molar-refractivity contribution in [2.24, 2.45) is 0 Å². The fraction of sp³-hybridized carbons (Fsp3) is 1.00.